The molecule has 0 bridgehead atoms. The summed E-state index contributed by atoms with van der Waals surface area (Å²) in [6.45, 7) is 12.1. The molecule has 7 nitrogen and oxygen atoms in total. The van der Waals surface area contributed by atoms with E-state index in [4.69, 9.17) is 0 Å². The minimum absolute atomic E-state index is 0.209. The Hall–Kier alpha value is -2.25. The summed E-state index contributed by atoms with van der Waals surface area (Å²) in [5, 5.41) is 10.8. The zero-order chi connectivity index (χ0) is 19.2. The molecule has 146 valence electrons. The Balaban J connectivity index is 1.59. The fourth-order valence-electron chi connectivity index (χ4n) is 3.40. The SMILES string of the molecule is Cc1nc(C(=O)NCCCN2CCNCC2)nn1-c1ccccc1C(C)C. The standard InChI is InChI=1S/C20H30N6O/c1-15(2)17-7-4-5-8-18(17)26-16(3)23-19(24-26)20(27)22-9-6-12-25-13-10-21-11-14-25/h4-5,7-8,15,21H,6,9-14H2,1-3H3,(H,22,27). The molecule has 0 saturated carbocycles. The Morgan fingerprint density at radius 2 is 2.00 bits per heavy atom. The maximum absolute atomic E-state index is 12.4. The number of aromatic nitrogens is 3. The van der Waals surface area contributed by atoms with Crippen LogP contribution in [0.15, 0.2) is 24.3 Å². The molecule has 3 rings (SSSR count). The molecule has 1 aliphatic rings. The summed E-state index contributed by atoms with van der Waals surface area (Å²) in [4.78, 5) is 19.2. The van der Waals surface area contributed by atoms with Crippen molar-refractivity contribution >= 4 is 5.91 Å². The molecule has 1 aromatic heterocycles. The van der Waals surface area contributed by atoms with Crippen molar-refractivity contribution in [3.63, 3.8) is 0 Å². The molecule has 1 fully saturated rings. The molecule has 2 aromatic rings. The molecule has 27 heavy (non-hydrogen) atoms. The van der Waals surface area contributed by atoms with Crippen LogP contribution in [0.4, 0.5) is 0 Å². The molecule has 0 aliphatic carbocycles. The van der Waals surface area contributed by atoms with E-state index in [2.05, 4.69) is 45.5 Å². The Kier molecular flexibility index (Phi) is 6.58. The Bertz CT molecular complexity index is 764. The van der Waals surface area contributed by atoms with Gasteiger partial charge in [0.05, 0.1) is 5.69 Å². The number of nitrogens with one attached hydrogen (secondary N) is 2. The number of hydrogen-bond donors (Lipinski definition) is 2. The zero-order valence-electron chi connectivity index (χ0n) is 16.5. The fraction of sp³-hybridized carbons (Fsp3) is 0.550. The van der Waals surface area contributed by atoms with Gasteiger partial charge in [0.2, 0.25) is 5.82 Å². The van der Waals surface area contributed by atoms with Gasteiger partial charge in [-0.15, -0.1) is 5.10 Å². The minimum Gasteiger partial charge on any atom is -0.349 e. The third-order valence-corrected chi connectivity index (χ3v) is 4.91. The molecule has 0 unspecified atom stereocenters. The van der Waals surface area contributed by atoms with Crippen molar-refractivity contribution in [1.82, 2.24) is 30.3 Å². The van der Waals surface area contributed by atoms with E-state index in [1.54, 1.807) is 4.68 Å². The van der Waals surface area contributed by atoms with Crippen molar-refractivity contribution < 1.29 is 4.79 Å². The average Bonchev–Trinajstić information content (AvgIpc) is 3.07. The summed E-state index contributed by atoms with van der Waals surface area (Å²) < 4.78 is 1.77. The molecule has 0 radical (unpaired) electrons. The van der Waals surface area contributed by atoms with E-state index in [-0.39, 0.29) is 11.7 Å². The normalized spacial score (nSPS) is 15.3. The third kappa shape index (κ3) is 4.93. The van der Waals surface area contributed by atoms with Crippen LogP contribution >= 0.6 is 0 Å². The van der Waals surface area contributed by atoms with E-state index < -0.39 is 0 Å². The number of carbonyl (C=O) groups is 1. The highest BCUT2D eigenvalue weighted by Crippen LogP contribution is 2.23. The Morgan fingerprint density at radius 3 is 2.74 bits per heavy atom. The van der Waals surface area contributed by atoms with Gasteiger partial charge in [-0.05, 0) is 37.4 Å². The van der Waals surface area contributed by atoms with Crippen LogP contribution in [0.2, 0.25) is 0 Å². The van der Waals surface area contributed by atoms with Gasteiger partial charge in [-0.1, -0.05) is 32.0 Å². The van der Waals surface area contributed by atoms with Crippen LogP contribution < -0.4 is 10.6 Å². The summed E-state index contributed by atoms with van der Waals surface area (Å²) >= 11 is 0. The topological polar surface area (TPSA) is 75.1 Å². The molecular weight excluding hydrogens is 340 g/mol. The second kappa shape index (κ2) is 9.10. The van der Waals surface area contributed by atoms with Crippen molar-refractivity contribution in [2.24, 2.45) is 0 Å². The lowest BCUT2D eigenvalue weighted by Crippen LogP contribution is -2.44. The molecule has 7 heteroatoms. The van der Waals surface area contributed by atoms with Crippen LogP contribution in [0.1, 0.15) is 48.2 Å². The maximum atomic E-state index is 12.4. The number of amides is 1. The monoisotopic (exact) mass is 370 g/mol. The highest BCUT2D eigenvalue weighted by molar-refractivity contribution is 5.90. The molecule has 1 aliphatic heterocycles. The summed E-state index contributed by atoms with van der Waals surface area (Å²) in [5.41, 5.74) is 2.17. The van der Waals surface area contributed by atoms with Crippen LogP contribution in [0.25, 0.3) is 5.69 Å². The van der Waals surface area contributed by atoms with Crippen LogP contribution in [0, 0.1) is 6.92 Å². The summed E-state index contributed by atoms with van der Waals surface area (Å²) in [5.74, 6) is 1.11. The van der Waals surface area contributed by atoms with Crippen molar-refractivity contribution in [1.29, 1.82) is 0 Å². The van der Waals surface area contributed by atoms with Gasteiger partial charge in [-0.2, -0.15) is 0 Å². The van der Waals surface area contributed by atoms with Crippen molar-refractivity contribution in [3.8, 4) is 5.69 Å². The van der Waals surface area contributed by atoms with E-state index in [1.807, 2.05) is 25.1 Å². The van der Waals surface area contributed by atoms with Crippen LogP contribution in [0.3, 0.4) is 0 Å². The van der Waals surface area contributed by atoms with E-state index in [1.165, 1.54) is 5.56 Å². The molecule has 2 N–H and O–H groups in total. The highest BCUT2D eigenvalue weighted by atomic mass is 16.2. The average molecular weight is 371 g/mol. The minimum atomic E-state index is -0.209. The molecule has 2 heterocycles. The number of benzene rings is 1. The lowest BCUT2D eigenvalue weighted by Gasteiger charge is -2.26. The molecule has 0 spiro atoms. The number of aryl methyl sites for hydroxylation is 1. The summed E-state index contributed by atoms with van der Waals surface area (Å²) in [6.07, 6.45) is 0.932. The number of rotatable bonds is 7. The lowest BCUT2D eigenvalue weighted by atomic mass is 10.0. The van der Waals surface area contributed by atoms with Crippen molar-refractivity contribution in [2.45, 2.75) is 33.1 Å². The summed E-state index contributed by atoms with van der Waals surface area (Å²) in [7, 11) is 0. The van der Waals surface area contributed by atoms with Crippen LogP contribution in [-0.4, -0.2) is 64.8 Å². The van der Waals surface area contributed by atoms with Crippen molar-refractivity contribution in [3.05, 3.63) is 41.5 Å². The number of hydrogen-bond acceptors (Lipinski definition) is 5. The second-order valence-electron chi connectivity index (χ2n) is 7.31. The molecule has 0 atom stereocenters. The maximum Gasteiger partial charge on any atom is 0.290 e. The number of nitrogens with zero attached hydrogens (tertiary/aromatic N) is 4. The van der Waals surface area contributed by atoms with E-state index in [0.717, 1.165) is 44.8 Å². The largest absolute Gasteiger partial charge is 0.349 e. The zero-order valence-corrected chi connectivity index (χ0v) is 16.5. The molecule has 1 saturated heterocycles. The quantitative estimate of drug-likeness (QED) is 0.726. The molecule has 1 aromatic carbocycles. The van der Waals surface area contributed by atoms with Gasteiger partial charge in [-0.25, -0.2) is 9.67 Å². The first-order chi connectivity index (χ1) is 13.1. The van der Waals surface area contributed by atoms with E-state index in [0.29, 0.717) is 18.3 Å². The number of carbonyl (C=O) groups excluding carboxylic acids is 1. The van der Waals surface area contributed by atoms with Gasteiger partial charge in [0.1, 0.15) is 5.82 Å². The lowest BCUT2D eigenvalue weighted by molar-refractivity contribution is 0.0941. The van der Waals surface area contributed by atoms with Gasteiger partial charge < -0.3 is 15.5 Å². The first-order valence-corrected chi connectivity index (χ1v) is 9.80. The predicted molar refractivity (Wildman–Crippen MR) is 106 cm³/mol. The smallest absolute Gasteiger partial charge is 0.290 e. The number of piperazine rings is 1. The van der Waals surface area contributed by atoms with Crippen LogP contribution in [0.5, 0.6) is 0 Å². The second-order valence-corrected chi connectivity index (χ2v) is 7.31. The van der Waals surface area contributed by atoms with E-state index in [9.17, 15) is 4.79 Å². The molecular formula is C20H30N6O. The van der Waals surface area contributed by atoms with Gasteiger partial charge in [0.15, 0.2) is 0 Å². The van der Waals surface area contributed by atoms with Gasteiger partial charge in [-0.3, -0.25) is 4.79 Å². The fourth-order valence-corrected chi connectivity index (χ4v) is 3.40. The van der Waals surface area contributed by atoms with Crippen molar-refractivity contribution in [2.75, 3.05) is 39.3 Å². The van der Waals surface area contributed by atoms with Gasteiger partial charge >= 0.3 is 0 Å². The summed E-state index contributed by atoms with van der Waals surface area (Å²) in [6, 6.07) is 8.12. The predicted octanol–water partition coefficient (Wildman–Crippen LogP) is 1.72. The third-order valence-electron chi connectivity index (χ3n) is 4.91. The van der Waals surface area contributed by atoms with Gasteiger partial charge in [0, 0.05) is 32.7 Å². The Morgan fingerprint density at radius 1 is 1.26 bits per heavy atom. The first-order valence-electron chi connectivity index (χ1n) is 9.80. The Labute approximate surface area is 161 Å². The highest BCUT2D eigenvalue weighted by Gasteiger charge is 2.17. The number of para-hydroxylation sites is 1. The van der Waals surface area contributed by atoms with E-state index >= 15 is 0 Å². The van der Waals surface area contributed by atoms with Crippen LogP contribution in [-0.2, 0) is 0 Å². The first kappa shape index (κ1) is 19.5. The van der Waals surface area contributed by atoms with Gasteiger partial charge in [0.25, 0.3) is 5.91 Å². The molecule has 1 amide bonds.